The Kier molecular flexibility index (Phi) is 6.43. The molecule has 1 amide bonds. The van der Waals surface area contributed by atoms with Gasteiger partial charge >= 0.3 is 0 Å². The van der Waals surface area contributed by atoms with Gasteiger partial charge in [-0.15, -0.1) is 10.2 Å². The van der Waals surface area contributed by atoms with Gasteiger partial charge in [0, 0.05) is 17.1 Å². The van der Waals surface area contributed by atoms with Crippen molar-refractivity contribution in [1.82, 2.24) is 20.1 Å². The predicted octanol–water partition coefficient (Wildman–Crippen LogP) is 5.06. The Morgan fingerprint density at radius 2 is 1.93 bits per heavy atom. The molecule has 2 heterocycles. The number of aromatic nitrogens is 3. The van der Waals surface area contributed by atoms with Gasteiger partial charge in [-0.05, 0) is 36.6 Å². The zero-order chi connectivity index (χ0) is 20.2. The van der Waals surface area contributed by atoms with Gasteiger partial charge in [-0.1, -0.05) is 71.7 Å². The van der Waals surface area contributed by atoms with Crippen molar-refractivity contribution in [3.8, 4) is 11.4 Å². The van der Waals surface area contributed by atoms with Crippen molar-refractivity contribution in [3.63, 3.8) is 0 Å². The SMILES string of the molecule is O=C1NCCCC[C@@H]1Sc1nnc(-c2ccc(Cl)cc2Cl)n1Cc1ccccc1. The molecule has 1 aliphatic rings. The van der Waals surface area contributed by atoms with E-state index in [4.69, 9.17) is 23.2 Å². The van der Waals surface area contributed by atoms with Crippen LogP contribution in [-0.4, -0.2) is 32.5 Å². The summed E-state index contributed by atoms with van der Waals surface area (Å²) in [6.45, 7) is 1.32. The summed E-state index contributed by atoms with van der Waals surface area (Å²) in [6, 6.07) is 15.4. The number of hydrogen-bond donors (Lipinski definition) is 1. The fourth-order valence-electron chi connectivity index (χ4n) is 3.31. The van der Waals surface area contributed by atoms with Gasteiger partial charge in [0.25, 0.3) is 0 Å². The van der Waals surface area contributed by atoms with E-state index >= 15 is 0 Å². The number of halogens is 2. The van der Waals surface area contributed by atoms with Crippen molar-refractivity contribution in [2.24, 2.45) is 0 Å². The van der Waals surface area contributed by atoms with Crippen LogP contribution in [0.2, 0.25) is 10.0 Å². The van der Waals surface area contributed by atoms with Crippen molar-refractivity contribution in [2.75, 3.05) is 6.54 Å². The standard InChI is InChI=1S/C21H20Cl2N4OS/c22-15-9-10-16(17(23)12-15)19-25-26-21(27(19)13-14-6-2-1-3-7-14)29-18-8-4-5-11-24-20(18)28/h1-3,6-7,9-10,12,18H,4-5,8,11,13H2,(H,24,28)/t18-/m0/s1. The van der Waals surface area contributed by atoms with E-state index in [2.05, 4.69) is 27.6 Å². The number of nitrogens with zero attached hydrogens (tertiary/aromatic N) is 3. The van der Waals surface area contributed by atoms with E-state index in [-0.39, 0.29) is 11.2 Å². The number of rotatable bonds is 5. The molecular weight excluding hydrogens is 427 g/mol. The molecule has 0 spiro atoms. The van der Waals surface area contributed by atoms with E-state index in [1.807, 2.05) is 28.8 Å². The van der Waals surface area contributed by atoms with Crippen LogP contribution in [0.15, 0.2) is 53.7 Å². The summed E-state index contributed by atoms with van der Waals surface area (Å²) < 4.78 is 2.02. The van der Waals surface area contributed by atoms with Crippen LogP contribution in [0.5, 0.6) is 0 Å². The van der Waals surface area contributed by atoms with Crippen LogP contribution in [0.3, 0.4) is 0 Å². The zero-order valence-corrected chi connectivity index (χ0v) is 18.0. The molecular formula is C21H20Cl2N4OS. The van der Waals surface area contributed by atoms with Gasteiger partial charge in [0.2, 0.25) is 5.91 Å². The molecule has 3 aromatic rings. The minimum atomic E-state index is -0.176. The lowest BCUT2D eigenvalue weighted by Gasteiger charge is -2.15. The van der Waals surface area contributed by atoms with E-state index in [9.17, 15) is 4.79 Å². The Morgan fingerprint density at radius 3 is 2.72 bits per heavy atom. The minimum absolute atomic E-state index is 0.0628. The van der Waals surface area contributed by atoms with E-state index in [1.165, 1.54) is 11.8 Å². The molecule has 1 atom stereocenters. The summed E-state index contributed by atoms with van der Waals surface area (Å²) in [7, 11) is 0. The Labute approximate surface area is 183 Å². The van der Waals surface area contributed by atoms with Crippen LogP contribution in [0.25, 0.3) is 11.4 Å². The minimum Gasteiger partial charge on any atom is -0.355 e. The second-order valence-electron chi connectivity index (χ2n) is 6.90. The lowest BCUT2D eigenvalue weighted by molar-refractivity contribution is -0.120. The number of benzene rings is 2. The zero-order valence-electron chi connectivity index (χ0n) is 15.6. The number of carbonyl (C=O) groups excluding carboxylic acids is 1. The molecule has 0 saturated carbocycles. The predicted molar refractivity (Wildman–Crippen MR) is 118 cm³/mol. The molecule has 1 aliphatic heterocycles. The average Bonchev–Trinajstić information content (AvgIpc) is 2.97. The maximum absolute atomic E-state index is 12.4. The van der Waals surface area contributed by atoms with E-state index < -0.39 is 0 Å². The summed E-state index contributed by atoms with van der Waals surface area (Å²) in [6.07, 6.45) is 2.84. The van der Waals surface area contributed by atoms with E-state index in [1.54, 1.807) is 12.1 Å². The van der Waals surface area contributed by atoms with Gasteiger partial charge in [-0.3, -0.25) is 9.36 Å². The summed E-state index contributed by atoms with van der Waals surface area (Å²) in [5.74, 6) is 0.722. The van der Waals surface area contributed by atoms with Crippen LogP contribution in [0.1, 0.15) is 24.8 Å². The highest BCUT2D eigenvalue weighted by atomic mass is 35.5. The smallest absolute Gasteiger partial charge is 0.233 e. The van der Waals surface area contributed by atoms with Crippen molar-refractivity contribution in [3.05, 3.63) is 64.1 Å². The fraction of sp³-hybridized carbons (Fsp3) is 0.286. The maximum atomic E-state index is 12.4. The molecule has 150 valence electrons. The first-order valence-corrected chi connectivity index (χ1v) is 11.1. The number of amides is 1. The Balaban J connectivity index is 1.72. The van der Waals surface area contributed by atoms with Crippen LogP contribution < -0.4 is 5.32 Å². The summed E-state index contributed by atoms with van der Waals surface area (Å²) >= 11 is 14.0. The molecule has 1 saturated heterocycles. The van der Waals surface area contributed by atoms with Crippen molar-refractivity contribution in [1.29, 1.82) is 0 Å². The van der Waals surface area contributed by atoms with Gasteiger partial charge in [-0.25, -0.2) is 0 Å². The van der Waals surface area contributed by atoms with E-state index in [0.717, 1.165) is 36.9 Å². The molecule has 0 aliphatic carbocycles. The molecule has 5 nitrogen and oxygen atoms in total. The van der Waals surface area contributed by atoms with Gasteiger partial charge < -0.3 is 5.32 Å². The summed E-state index contributed by atoms with van der Waals surface area (Å²) in [5, 5.41) is 13.4. The second kappa shape index (κ2) is 9.20. The van der Waals surface area contributed by atoms with Crippen LogP contribution in [0, 0.1) is 0 Å². The van der Waals surface area contributed by atoms with Crippen molar-refractivity contribution in [2.45, 2.75) is 36.2 Å². The number of hydrogen-bond acceptors (Lipinski definition) is 4. The average molecular weight is 447 g/mol. The first kappa shape index (κ1) is 20.3. The molecule has 29 heavy (non-hydrogen) atoms. The number of carbonyl (C=O) groups is 1. The summed E-state index contributed by atoms with van der Waals surface area (Å²) in [5.41, 5.74) is 1.88. The van der Waals surface area contributed by atoms with Gasteiger partial charge in [0.1, 0.15) is 0 Å². The highest BCUT2D eigenvalue weighted by Crippen LogP contribution is 2.34. The van der Waals surface area contributed by atoms with Crippen LogP contribution in [0.4, 0.5) is 0 Å². The highest BCUT2D eigenvalue weighted by Gasteiger charge is 2.26. The Bertz CT molecular complexity index is 1010. The molecule has 4 rings (SSSR count). The molecule has 1 fully saturated rings. The quantitative estimate of drug-likeness (QED) is 0.594. The summed E-state index contributed by atoms with van der Waals surface area (Å²) in [4.78, 5) is 12.4. The number of nitrogens with one attached hydrogen (secondary N) is 1. The molecule has 2 aromatic carbocycles. The lowest BCUT2D eigenvalue weighted by atomic mass is 10.2. The largest absolute Gasteiger partial charge is 0.355 e. The molecule has 8 heteroatoms. The monoisotopic (exact) mass is 446 g/mol. The molecule has 1 N–H and O–H groups in total. The molecule has 0 radical (unpaired) electrons. The van der Waals surface area contributed by atoms with Gasteiger partial charge in [-0.2, -0.15) is 0 Å². The lowest BCUT2D eigenvalue weighted by Crippen LogP contribution is -2.30. The Hall–Kier alpha value is -2.02. The first-order valence-electron chi connectivity index (χ1n) is 9.49. The van der Waals surface area contributed by atoms with E-state index in [0.29, 0.717) is 27.6 Å². The fourth-order valence-corrected chi connectivity index (χ4v) is 4.89. The normalized spacial score (nSPS) is 17.0. The van der Waals surface area contributed by atoms with Crippen LogP contribution >= 0.6 is 35.0 Å². The third-order valence-corrected chi connectivity index (χ3v) is 6.60. The highest BCUT2D eigenvalue weighted by molar-refractivity contribution is 8.00. The topological polar surface area (TPSA) is 59.8 Å². The van der Waals surface area contributed by atoms with Crippen LogP contribution in [-0.2, 0) is 11.3 Å². The van der Waals surface area contributed by atoms with Gasteiger partial charge in [0.05, 0.1) is 16.8 Å². The van der Waals surface area contributed by atoms with Crippen molar-refractivity contribution >= 4 is 40.9 Å². The van der Waals surface area contributed by atoms with Crippen molar-refractivity contribution < 1.29 is 4.79 Å². The third-order valence-electron chi connectivity index (χ3n) is 4.80. The molecule has 0 bridgehead atoms. The molecule has 0 unspecified atom stereocenters. The Morgan fingerprint density at radius 1 is 1.10 bits per heavy atom. The van der Waals surface area contributed by atoms with Gasteiger partial charge in [0.15, 0.2) is 11.0 Å². The first-order chi connectivity index (χ1) is 14.1. The molecule has 1 aromatic heterocycles. The number of thioether (sulfide) groups is 1. The third kappa shape index (κ3) is 4.77. The second-order valence-corrected chi connectivity index (χ2v) is 8.91. The maximum Gasteiger partial charge on any atom is 0.233 e.